The van der Waals surface area contributed by atoms with E-state index in [2.05, 4.69) is 33.0 Å². The second-order valence-corrected chi connectivity index (χ2v) is 5.37. The van der Waals surface area contributed by atoms with Gasteiger partial charge in [-0.1, -0.05) is 36.4 Å². The van der Waals surface area contributed by atoms with Gasteiger partial charge in [-0.3, -0.25) is 0 Å². The zero-order chi connectivity index (χ0) is 14.2. The highest BCUT2D eigenvalue weighted by atomic mass is 32.1. The molecule has 0 amide bonds. The van der Waals surface area contributed by atoms with E-state index >= 15 is 0 Å². The van der Waals surface area contributed by atoms with Crippen LogP contribution in [0.4, 0.5) is 0 Å². The molecule has 0 fully saturated rings. The van der Waals surface area contributed by atoms with Gasteiger partial charge >= 0.3 is 0 Å². The highest BCUT2D eigenvalue weighted by Crippen LogP contribution is 2.43. The maximum absolute atomic E-state index is 5.20. The zero-order valence-electron chi connectivity index (χ0n) is 11.4. The lowest BCUT2D eigenvalue weighted by atomic mass is 10.0. The number of ether oxygens (including phenoxy) is 1. The normalized spacial score (nSPS) is 14.0. The summed E-state index contributed by atoms with van der Waals surface area (Å²) in [6.07, 6.45) is 2.16. The summed E-state index contributed by atoms with van der Waals surface area (Å²) >= 11 is 1.27. The van der Waals surface area contributed by atoms with E-state index in [0.29, 0.717) is 0 Å². The molecule has 21 heavy (non-hydrogen) atoms. The molecule has 0 N–H and O–H groups in total. The first kappa shape index (κ1) is 12.3. The van der Waals surface area contributed by atoms with E-state index in [0.717, 1.165) is 28.3 Å². The molecular formula is C17H12N2OS. The van der Waals surface area contributed by atoms with Crippen LogP contribution in [-0.4, -0.2) is 15.9 Å². The molecule has 0 spiro atoms. The van der Waals surface area contributed by atoms with Crippen molar-refractivity contribution >= 4 is 23.4 Å². The lowest BCUT2D eigenvalue weighted by molar-refractivity contribution is 0.415. The standard InChI is InChI=1S/C17H12N2OS/c1-20-12-8-6-11(7-9-12)10-15-13-4-2-3-5-14(13)16-17(15)19-21-18-16/h2-10H,1H3/b15-10-. The average Bonchev–Trinajstić information content (AvgIpc) is 3.11. The second-order valence-electron chi connectivity index (χ2n) is 4.84. The van der Waals surface area contributed by atoms with E-state index in [1.54, 1.807) is 7.11 Å². The molecule has 4 heteroatoms. The van der Waals surface area contributed by atoms with Crippen LogP contribution >= 0.6 is 11.7 Å². The molecule has 0 radical (unpaired) electrons. The maximum atomic E-state index is 5.20. The van der Waals surface area contributed by atoms with Gasteiger partial charge in [0.1, 0.15) is 17.1 Å². The molecule has 0 atom stereocenters. The van der Waals surface area contributed by atoms with Crippen molar-refractivity contribution in [1.82, 2.24) is 8.75 Å². The summed E-state index contributed by atoms with van der Waals surface area (Å²) < 4.78 is 14.1. The van der Waals surface area contributed by atoms with E-state index in [9.17, 15) is 0 Å². The summed E-state index contributed by atoms with van der Waals surface area (Å²) in [4.78, 5) is 0. The third-order valence-electron chi connectivity index (χ3n) is 3.64. The van der Waals surface area contributed by atoms with E-state index in [1.165, 1.54) is 22.9 Å². The fourth-order valence-corrected chi connectivity index (χ4v) is 3.18. The van der Waals surface area contributed by atoms with E-state index < -0.39 is 0 Å². The van der Waals surface area contributed by atoms with Gasteiger partial charge in [0.05, 0.1) is 18.8 Å². The predicted molar refractivity (Wildman–Crippen MR) is 85.3 cm³/mol. The Bertz CT molecular complexity index is 834. The Hall–Kier alpha value is -2.46. The topological polar surface area (TPSA) is 35.0 Å². The molecule has 2 aromatic carbocycles. The van der Waals surface area contributed by atoms with Crippen molar-refractivity contribution in [1.29, 1.82) is 0 Å². The lowest BCUT2D eigenvalue weighted by Crippen LogP contribution is -1.84. The molecule has 0 unspecified atom stereocenters. The van der Waals surface area contributed by atoms with Crippen LogP contribution in [0.3, 0.4) is 0 Å². The van der Waals surface area contributed by atoms with Crippen molar-refractivity contribution < 1.29 is 4.74 Å². The number of hydrogen-bond donors (Lipinski definition) is 0. The molecule has 4 rings (SSSR count). The minimum absolute atomic E-state index is 0.861. The minimum Gasteiger partial charge on any atom is -0.497 e. The van der Waals surface area contributed by atoms with Crippen LogP contribution in [0.25, 0.3) is 22.9 Å². The Morgan fingerprint density at radius 3 is 2.38 bits per heavy atom. The van der Waals surface area contributed by atoms with Gasteiger partial charge in [-0.05, 0) is 29.3 Å². The van der Waals surface area contributed by atoms with Gasteiger partial charge in [-0.15, -0.1) is 0 Å². The average molecular weight is 292 g/mol. The summed E-state index contributed by atoms with van der Waals surface area (Å²) in [6.45, 7) is 0. The van der Waals surface area contributed by atoms with Crippen LogP contribution in [0.1, 0.15) is 16.8 Å². The quantitative estimate of drug-likeness (QED) is 0.557. The summed E-state index contributed by atoms with van der Waals surface area (Å²) in [5.74, 6) is 0.861. The van der Waals surface area contributed by atoms with Crippen LogP contribution < -0.4 is 4.74 Å². The molecule has 3 nitrogen and oxygen atoms in total. The number of aromatic nitrogens is 2. The van der Waals surface area contributed by atoms with Crippen molar-refractivity contribution in [2.75, 3.05) is 7.11 Å². The molecule has 1 aliphatic rings. The second kappa shape index (κ2) is 4.82. The van der Waals surface area contributed by atoms with Gasteiger partial charge < -0.3 is 4.74 Å². The van der Waals surface area contributed by atoms with Crippen LogP contribution in [0.5, 0.6) is 5.75 Å². The predicted octanol–water partition coefficient (Wildman–Crippen LogP) is 4.12. The third-order valence-corrected chi connectivity index (χ3v) is 4.17. The van der Waals surface area contributed by atoms with Gasteiger partial charge in [0.25, 0.3) is 0 Å². The first-order chi connectivity index (χ1) is 10.4. The third kappa shape index (κ3) is 1.96. The first-order valence-electron chi connectivity index (χ1n) is 6.65. The van der Waals surface area contributed by atoms with Crippen molar-refractivity contribution in [3.63, 3.8) is 0 Å². The van der Waals surface area contributed by atoms with Gasteiger partial charge in [-0.2, -0.15) is 8.75 Å². The zero-order valence-corrected chi connectivity index (χ0v) is 12.2. The molecule has 1 aliphatic carbocycles. The summed E-state index contributed by atoms with van der Waals surface area (Å²) in [6, 6.07) is 16.3. The molecule has 0 bridgehead atoms. The molecule has 3 aromatic rings. The summed E-state index contributed by atoms with van der Waals surface area (Å²) in [7, 11) is 1.67. The van der Waals surface area contributed by atoms with Gasteiger partial charge in [0, 0.05) is 11.1 Å². The maximum Gasteiger partial charge on any atom is 0.118 e. The van der Waals surface area contributed by atoms with Crippen molar-refractivity contribution in [3.8, 4) is 17.0 Å². The molecule has 102 valence electrons. The number of nitrogens with zero attached hydrogens (tertiary/aromatic N) is 2. The molecule has 1 heterocycles. The number of benzene rings is 2. The smallest absolute Gasteiger partial charge is 0.118 e. The fraction of sp³-hybridized carbons (Fsp3) is 0.0588. The molecule has 0 saturated heterocycles. The Morgan fingerprint density at radius 1 is 0.905 bits per heavy atom. The Balaban J connectivity index is 1.86. The van der Waals surface area contributed by atoms with E-state index in [1.807, 2.05) is 30.3 Å². The largest absolute Gasteiger partial charge is 0.497 e. The summed E-state index contributed by atoms with van der Waals surface area (Å²) in [5, 5.41) is 0. The minimum atomic E-state index is 0.861. The molecule has 0 saturated carbocycles. The number of rotatable bonds is 2. The lowest BCUT2D eigenvalue weighted by Gasteiger charge is -2.03. The van der Waals surface area contributed by atoms with E-state index in [-0.39, 0.29) is 0 Å². The fourth-order valence-electron chi connectivity index (χ4n) is 2.61. The van der Waals surface area contributed by atoms with Gasteiger partial charge in [0.2, 0.25) is 0 Å². The number of fused-ring (bicyclic) bond motifs is 3. The number of hydrogen-bond acceptors (Lipinski definition) is 4. The Morgan fingerprint density at radius 2 is 1.62 bits per heavy atom. The van der Waals surface area contributed by atoms with E-state index in [4.69, 9.17) is 4.74 Å². The van der Waals surface area contributed by atoms with Crippen molar-refractivity contribution in [2.45, 2.75) is 0 Å². The van der Waals surface area contributed by atoms with Crippen molar-refractivity contribution in [2.24, 2.45) is 0 Å². The van der Waals surface area contributed by atoms with Gasteiger partial charge in [0.15, 0.2) is 0 Å². The highest BCUT2D eigenvalue weighted by Gasteiger charge is 2.26. The Kier molecular flexibility index (Phi) is 2.82. The SMILES string of the molecule is COc1ccc(/C=C2/c3ccccc3-c3nsnc32)cc1. The number of methoxy groups -OCH3 is 1. The highest BCUT2D eigenvalue weighted by molar-refractivity contribution is 6.99. The van der Waals surface area contributed by atoms with Gasteiger partial charge in [-0.25, -0.2) is 0 Å². The van der Waals surface area contributed by atoms with Crippen LogP contribution in [0.15, 0.2) is 48.5 Å². The van der Waals surface area contributed by atoms with Crippen molar-refractivity contribution in [3.05, 3.63) is 65.4 Å². The van der Waals surface area contributed by atoms with Crippen LogP contribution in [0.2, 0.25) is 0 Å². The first-order valence-corrected chi connectivity index (χ1v) is 7.38. The molecule has 0 aliphatic heterocycles. The van der Waals surface area contributed by atoms with Crippen LogP contribution in [-0.2, 0) is 0 Å². The van der Waals surface area contributed by atoms with Crippen LogP contribution in [0, 0.1) is 0 Å². The summed E-state index contributed by atoms with van der Waals surface area (Å²) in [5.41, 5.74) is 6.61. The molecule has 1 aromatic heterocycles. The monoisotopic (exact) mass is 292 g/mol. The Labute approximate surface area is 126 Å². The molecular weight excluding hydrogens is 280 g/mol.